The molecule has 1 N–H and O–H groups in total. The highest BCUT2D eigenvalue weighted by Gasteiger charge is 2.43. The van der Waals surface area contributed by atoms with Crippen molar-refractivity contribution in [1.82, 2.24) is 15.1 Å². The Morgan fingerprint density at radius 1 is 1.10 bits per heavy atom. The standard InChI is InChI=1S/C21H28N4O6/c1-4-30-19(27)16-17(14-8-6-7-9-15(14)29-3)22-20(23-18(16)26)24-10-12-25(13-11-24)21(28)31-5-2/h6-9,16-17H,4-5,10-13H2,1-3H3,(H,22,23,26)/t16-,17-/m0/s1. The molecule has 10 nitrogen and oxygen atoms in total. The number of benzene rings is 1. The number of ether oxygens (including phenoxy) is 3. The maximum Gasteiger partial charge on any atom is 0.409 e. The Balaban J connectivity index is 1.88. The summed E-state index contributed by atoms with van der Waals surface area (Å²) < 4.78 is 15.6. The van der Waals surface area contributed by atoms with Crippen LogP contribution in [0.5, 0.6) is 5.75 Å². The molecule has 1 fully saturated rings. The summed E-state index contributed by atoms with van der Waals surface area (Å²) in [7, 11) is 1.53. The molecule has 0 unspecified atom stereocenters. The zero-order valence-electron chi connectivity index (χ0n) is 18.0. The van der Waals surface area contributed by atoms with E-state index in [0.717, 1.165) is 0 Å². The average Bonchev–Trinajstić information content (AvgIpc) is 2.78. The van der Waals surface area contributed by atoms with Crippen LogP contribution in [0.15, 0.2) is 29.3 Å². The van der Waals surface area contributed by atoms with Crippen LogP contribution in [-0.2, 0) is 19.1 Å². The fourth-order valence-corrected chi connectivity index (χ4v) is 3.67. The van der Waals surface area contributed by atoms with Crippen molar-refractivity contribution in [2.75, 3.05) is 46.5 Å². The molecule has 168 valence electrons. The number of piperazine rings is 1. The molecule has 2 aliphatic heterocycles. The predicted molar refractivity (Wildman–Crippen MR) is 112 cm³/mol. The van der Waals surface area contributed by atoms with Crippen LogP contribution in [0.4, 0.5) is 4.79 Å². The molecule has 10 heteroatoms. The molecule has 0 radical (unpaired) electrons. The van der Waals surface area contributed by atoms with E-state index >= 15 is 0 Å². The summed E-state index contributed by atoms with van der Waals surface area (Å²) in [5, 5.41) is 2.74. The summed E-state index contributed by atoms with van der Waals surface area (Å²) in [6.45, 7) is 5.75. The van der Waals surface area contributed by atoms with Gasteiger partial charge >= 0.3 is 12.1 Å². The number of carbonyl (C=O) groups is 3. The predicted octanol–water partition coefficient (Wildman–Crippen LogP) is 1.18. The van der Waals surface area contributed by atoms with Crippen LogP contribution in [-0.4, -0.2) is 80.2 Å². The number of hydrogen-bond donors (Lipinski definition) is 1. The van der Waals surface area contributed by atoms with Crippen LogP contribution in [0.25, 0.3) is 0 Å². The molecule has 0 spiro atoms. The Labute approximate surface area is 181 Å². The maximum atomic E-state index is 13.0. The van der Waals surface area contributed by atoms with Gasteiger partial charge in [-0.05, 0) is 19.9 Å². The minimum atomic E-state index is -1.12. The molecule has 31 heavy (non-hydrogen) atoms. The highest BCUT2D eigenvalue weighted by molar-refractivity contribution is 6.08. The van der Waals surface area contributed by atoms with Crippen LogP contribution in [0.1, 0.15) is 25.5 Å². The van der Waals surface area contributed by atoms with E-state index in [1.807, 2.05) is 11.0 Å². The molecule has 0 aromatic heterocycles. The molecule has 0 bridgehead atoms. The Bertz CT molecular complexity index is 850. The quantitative estimate of drug-likeness (QED) is 0.549. The van der Waals surface area contributed by atoms with E-state index in [1.165, 1.54) is 7.11 Å². The number of nitrogens with zero attached hydrogens (tertiary/aromatic N) is 3. The molecule has 1 aromatic carbocycles. The number of hydrogen-bond acceptors (Lipinski definition) is 8. The van der Waals surface area contributed by atoms with E-state index < -0.39 is 23.8 Å². The normalized spacial score (nSPS) is 21.1. The van der Waals surface area contributed by atoms with Crippen molar-refractivity contribution in [2.45, 2.75) is 19.9 Å². The number of esters is 1. The van der Waals surface area contributed by atoms with Crippen LogP contribution >= 0.6 is 0 Å². The Hall–Kier alpha value is -3.30. The molecular weight excluding hydrogens is 404 g/mol. The van der Waals surface area contributed by atoms with Crippen molar-refractivity contribution >= 4 is 23.9 Å². The van der Waals surface area contributed by atoms with E-state index in [0.29, 0.717) is 50.1 Å². The van der Waals surface area contributed by atoms with Crippen LogP contribution in [0.2, 0.25) is 0 Å². The minimum absolute atomic E-state index is 0.160. The van der Waals surface area contributed by atoms with Crippen LogP contribution in [0.3, 0.4) is 0 Å². The lowest BCUT2D eigenvalue weighted by atomic mass is 9.90. The highest BCUT2D eigenvalue weighted by Crippen LogP contribution is 2.36. The van der Waals surface area contributed by atoms with Crippen molar-refractivity contribution in [3.8, 4) is 5.75 Å². The smallest absolute Gasteiger partial charge is 0.409 e. The van der Waals surface area contributed by atoms with Gasteiger partial charge in [-0.15, -0.1) is 0 Å². The van der Waals surface area contributed by atoms with Gasteiger partial charge in [-0.2, -0.15) is 0 Å². The summed E-state index contributed by atoms with van der Waals surface area (Å²) in [5.74, 6) is -1.34. The molecule has 3 rings (SSSR count). The Morgan fingerprint density at radius 3 is 2.42 bits per heavy atom. The van der Waals surface area contributed by atoms with Gasteiger partial charge in [0.1, 0.15) is 11.8 Å². The zero-order chi connectivity index (χ0) is 22.4. The number of rotatable bonds is 5. The number of nitrogens with one attached hydrogen (secondary N) is 1. The lowest BCUT2D eigenvalue weighted by molar-refractivity contribution is -0.153. The van der Waals surface area contributed by atoms with E-state index in [9.17, 15) is 14.4 Å². The van der Waals surface area contributed by atoms with Crippen LogP contribution in [0, 0.1) is 5.92 Å². The number of aliphatic imine (C=N–C) groups is 1. The van der Waals surface area contributed by atoms with Gasteiger partial charge in [0.15, 0.2) is 5.92 Å². The summed E-state index contributed by atoms with van der Waals surface area (Å²) in [5.41, 5.74) is 0.626. The van der Waals surface area contributed by atoms with Crippen LogP contribution < -0.4 is 10.1 Å². The van der Waals surface area contributed by atoms with Gasteiger partial charge < -0.3 is 24.0 Å². The second-order valence-corrected chi connectivity index (χ2v) is 7.03. The number of para-hydroxylation sites is 1. The van der Waals surface area contributed by atoms with Crippen molar-refractivity contribution in [3.63, 3.8) is 0 Å². The molecule has 1 saturated heterocycles. The van der Waals surface area contributed by atoms with Gasteiger partial charge in [0.25, 0.3) is 0 Å². The van der Waals surface area contributed by atoms with Crippen molar-refractivity contribution in [2.24, 2.45) is 10.9 Å². The molecule has 2 atom stereocenters. The molecule has 0 aliphatic carbocycles. The monoisotopic (exact) mass is 432 g/mol. The lowest BCUT2D eigenvalue weighted by Gasteiger charge is -2.38. The molecule has 2 heterocycles. The third-order valence-corrected chi connectivity index (χ3v) is 5.20. The summed E-state index contributed by atoms with van der Waals surface area (Å²) in [6.07, 6.45) is -0.356. The third-order valence-electron chi connectivity index (χ3n) is 5.20. The summed E-state index contributed by atoms with van der Waals surface area (Å²) >= 11 is 0. The van der Waals surface area contributed by atoms with Gasteiger partial charge in [-0.1, -0.05) is 18.2 Å². The Kier molecular flexibility index (Phi) is 7.32. The maximum absolute atomic E-state index is 13.0. The van der Waals surface area contributed by atoms with Crippen molar-refractivity contribution in [3.05, 3.63) is 29.8 Å². The first-order chi connectivity index (χ1) is 15.0. The average molecular weight is 432 g/mol. The zero-order valence-corrected chi connectivity index (χ0v) is 18.0. The molecule has 0 saturated carbocycles. The summed E-state index contributed by atoms with van der Waals surface area (Å²) in [6, 6.07) is 6.37. The van der Waals surface area contributed by atoms with Gasteiger partial charge in [0.2, 0.25) is 11.9 Å². The van der Waals surface area contributed by atoms with Gasteiger partial charge in [0, 0.05) is 31.7 Å². The molecule has 2 aliphatic rings. The van der Waals surface area contributed by atoms with E-state index in [-0.39, 0.29) is 12.7 Å². The third kappa shape index (κ3) is 4.89. The van der Waals surface area contributed by atoms with Crippen molar-refractivity contribution in [1.29, 1.82) is 0 Å². The van der Waals surface area contributed by atoms with Gasteiger partial charge in [0.05, 0.1) is 20.3 Å². The topological polar surface area (TPSA) is 110 Å². The minimum Gasteiger partial charge on any atom is -0.496 e. The first-order valence-corrected chi connectivity index (χ1v) is 10.3. The Morgan fingerprint density at radius 2 is 1.77 bits per heavy atom. The van der Waals surface area contributed by atoms with Crippen molar-refractivity contribution < 1.29 is 28.6 Å². The van der Waals surface area contributed by atoms with E-state index in [4.69, 9.17) is 19.2 Å². The first-order valence-electron chi connectivity index (χ1n) is 10.3. The van der Waals surface area contributed by atoms with Gasteiger partial charge in [-0.3, -0.25) is 14.9 Å². The number of guanidine groups is 1. The fourth-order valence-electron chi connectivity index (χ4n) is 3.67. The largest absolute Gasteiger partial charge is 0.496 e. The fraction of sp³-hybridized carbons (Fsp3) is 0.524. The second kappa shape index (κ2) is 10.1. The van der Waals surface area contributed by atoms with Gasteiger partial charge in [-0.25, -0.2) is 9.79 Å². The molecule has 1 aromatic rings. The van der Waals surface area contributed by atoms with E-state index in [1.54, 1.807) is 36.9 Å². The molecule has 2 amide bonds. The lowest BCUT2D eigenvalue weighted by Crippen LogP contribution is -2.58. The summed E-state index contributed by atoms with van der Waals surface area (Å²) in [4.78, 5) is 45.7. The van der Waals surface area contributed by atoms with E-state index in [2.05, 4.69) is 5.32 Å². The SMILES string of the molecule is CCOC(=O)[C@@H]1C(=O)NC(N2CCN(C(=O)OCC)CC2)=N[C@H]1c1ccccc1OC. The first kappa shape index (κ1) is 22.4. The number of carbonyl (C=O) groups excluding carboxylic acids is 3. The molecular formula is C21H28N4O6. The number of amides is 2. The highest BCUT2D eigenvalue weighted by atomic mass is 16.6. The second-order valence-electron chi connectivity index (χ2n) is 7.03. The number of methoxy groups -OCH3 is 1.